The summed E-state index contributed by atoms with van der Waals surface area (Å²) in [7, 11) is 0. The summed E-state index contributed by atoms with van der Waals surface area (Å²) in [5.41, 5.74) is 3.83. The largest absolute Gasteiger partial charge is 0.480 e. The number of carbonyl (C=O) groups excluding carboxylic acids is 1. The van der Waals surface area contributed by atoms with Gasteiger partial charge in [-0.3, -0.25) is 4.79 Å². The molecule has 23 heavy (non-hydrogen) atoms. The van der Waals surface area contributed by atoms with Crippen molar-refractivity contribution in [3.63, 3.8) is 0 Å². The summed E-state index contributed by atoms with van der Waals surface area (Å²) in [4.78, 5) is 25.4. The monoisotopic (exact) mass is 315 g/mol. The molecule has 1 fully saturated rings. The molecule has 0 aliphatic heterocycles. The Hall–Kier alpha value is -2.30. The van der Waals surface area contributed by atoms with Crippen LogP contribution in [0, 0.1) is 13.8 Å². The second-order valence-corrected chi connectivity index (χ2v) is 6.37. The van der Waals surface area contributed by atoms with E-state index in [0.717, 1.165) is 40.5 Å². The minimum Gasteiger partial charge on any atom is -0.480 e. The number of benzene rings is 1. The molecule has 1 saturated carbocycles. The van der Waals surface area contributed by atoms with Gasteiger partial charge in [-0.2, -0.15) is 0 Å². The van der Waals surface area contributed by atoms with Crippen LogP contribution in [0.4, 0.5) is 0 Å². The summed E-state index contributed by atoms with van der Waals surface area (Å²) in [5, 5.41) is 10.2. The van der Waals surface area contributed by atoms with Gasteiger partial charge >= 0.3 is 5.97 Å². The number of nitrogens with zero attached hydrogens (tertiary/aromatic N) is 1. The van der Waals surface area contributed by atoms with Gasteiger partial charge in [0.25, 0.3) is 0 Å². The molecule has 1 aliphatic carbocycles. The SMILES string of the molecule is Cc1ccc2c(CC(=O)N(C3CC3)C(C)C(=O)O)coc2c1C. The molecule has 0 saturated heterocycles. The number of hydrogen-bond donors (Lipinski definition) is 1. The van der Waals surface area contributed by atoms with Crippen LogP contribution < -0.4 is 0 Å². The third-order valence-corrected chi connectivity index (χ3v) is 4.69. The molecule has 1 aromatic heterocycles. The van der Waals surface area contributed by atoms with Crippen LogP contribution in [-0.2, 0) is 16.0 Å². The Morgan fingerprint density at radius 3 is 2.65 bits per heavy atom. The van der Waals surface area contributed by atoms with Crippen molar-refractivity contribution < 1.29 is 19.1 Å². The van der Waals surface area contributed by atoms with E-state index in [-0.39, 0.29) is 18.4 Å². The van der Waals surface area contributed by atoms with Crippen molar-refractivity contribution in [2.45, 2.75) is 52.1 Å². The van der Waals surface area contributed by atoms with E-state index in [2.05, 4.69) is 0 Å². The van der Waals surface area contributed by atoms with Crippen LogP contribution in [0.2, 0.25) is 0 Å². The Kier molecular flexibility index (Phi) is 3.88. The number of carboxylic acids is 1. The lowest BCUT2D eigenvalue weighted by molar-refractivity contribution is -0.149. The molecule has 1 unspecified atom stereocenters. The number of carboxylic acid groups (broad SMARTS) is 1. The molecule has 1 atom stereocenters. The van der Waals surface area contributed by atoms with Crippen LogP contribution >= 0.6 is 0 Å². The van der Waals surface area contributed by atoms with E-state index in [9.17, 15) is 14.7 Å². The highest BCUT2D eigenvalue weighted by Gasteiger charge is 2.38. The normalized spacial score (nSPS) is 15.6. The lowest BCUT2D eigenvalue weighted by Crippen LogP contribution is -2.45. The van der Waals surface area contributed by atoms with Gasteiger partial charge in [0.2, 0.25) is 5.91 Å². The van der Waals surface area contributed by atoms with E-state index in [4.69, 9.17) is 4.42 Å². The predicted octanol–water partition coefficient (Wildman–Crippen LogP) is 3.06. The summed E-state index contributed by atoms with van der Waals surface area (Å²) in [6.45, 7) is 5.58. The maximum absolute atomic E-state index is 12.7. The number of furan rings is 1. The van der Waals surface area contributed by atoms with Gasteiger partial charge in [0, 0.05) is 17.0 Å². The number of hydrogen-bond acceptors (Lipinski definition) is 3. The van der Waals surface area contributed by atoms with E-state index >= 15 is 0 Å². The molecule has 1 amide bonds. The van der Waals surface area contributed by atoms with Gasteiger partial charge in [-0.05, 0) is 44.7 Å². The third-order valence-electron chi connectivity index (χ3n) is 4.69. The molecular formula is C18H21NO4. The summed E-state index contributed by atoms with van der Waals surface area (Å²) < 4.78 is 5.64. The molecule has 3 rings (SSSR count). The van der Waals surface area contributed by atoms with Crippen LogP contribution in [0.1, 0.15) is 36.5 Å². The van der Waals surface area contributed by atoms with Crippen LogP contribution in [0.3, 0.4) is 0 Å². The third kappa shape index (κ3) is 2.83. The summed E-state index contributed by atoms with van der Waals surface area (Å²) >= 11 is 0. The van der Waals surface area contributed by atoms with E-state index in [1.807, 2.05) is 26.0 Å². The minimum absolute atomic E-state index is 0.0655. The van der Waals surface area contributed by atoms with Gasteiger partial charge in [-0.25, -0.2) is 4.79 Å². The maximum atomic E-state index is 12.7. The van der Waals surface area contributed by atoms with Crippen LogP contribution in [0.15, 0.2) is 22.8 Å². The highest BCUT2D eigenvalue weighted by Crippen LogP contribution is 2.31. The number of amides is 1. The zero-order valence-corrected chi connectivity index (χ0v) is 13.6. The Balaban J connectivity index is 1.87. The molecule has 0 spiro atoms. The fourth-order valence-corrected chi connectivity index (χ4v) is 2.99. The van der Waals surface area contributed by atoms with Gasteiger partial charge in [0.15, 0.2) is 0 Å². The first-order valence-electron chi connectivity index (χ1n) is 7.90. The van der Waals surface area contributed by atoms with Crippen molar-refractivity contribution in [2.75, 3.05) is 0 Å². The summed E-state index contributed by atoms with van der Waals surface area (Å²) in [6, 6.07) is 3.25. The molecule has 1 aliphatic rings. The van der Waals surface area contributed by atoms with Gasteiger partial charge < -0.3 is 14.4 Å². The molecule has 0 radical (unpaired) electrons. The zero-order chi connectivity index (χ0) is 16.7. The fourth-order valence-electron chi connectivity index (χ4n) is 2.99. The summed E-state index contributed by atoms with van der Waals surface area (Å²) in [6.07, 6.45) is 3.55. The smallest absolute Gasteiger partial charge is 0.326 e. The molecule has 2 aromatic rings. The molecule has 5 nitrogen and oxygen atoms in total. The van der Waals surface area contributed by atoms with Crippen molar-refractivity contribution in [3.05, 3.63) is 35.1 Å². The van der Waals surface area contributed by atoms with Gasteiger partial charge in [-0.15, -0.1) is 0 Å². The minimum atomic E-state index is -0.964. The van der Waals surface area contributed by atoms with Crippen LogP contribution in [0.5, 0.6) is 0 Å². The van der Waals surface area contributed by atoms with Crippen molar-refractivity contribution in [1.29, 1.82) is 0 Å². The van der Waals surface area contributed by atoms with E-state index in [1.54, 1.807) is 13.2 Å². The number of rotatable bonds is 5. The Morgan fingerprint density at radius 2 is 2.04 bits per heavy atom. The molecular weight excluding hydrogens is 294 g/mol. The highest BCUT2D eigenvalue weighted by molar-refractivity contribution is 5.91. The highest BCUT2D eigenvalue weighted by atomic mass is 16.4. The van der Waals surface area contributed by atoms with Crippen molar-refractivity contribution in [2.24, 2.45) is 0 Å². The van der Waals surface area contributed by atoms with Gasteiger partial charge in [-0.1, -0.05) is 12.1 Å². The van der Waals surface area contributed by atoms with Crippen LogP contribution in [0.25, 0.3) is 11.0 Å². The molecule has 0 bridgehead atoms. The fraction of sp³-hybridized carbons (Fsp3) is 0.444. The van der Waals surface area contributed by atoms with Gasteiger partial charge in [0.1, 0.15) is 11.6 Å². The van der Waals surface area contributed by atoms with Crippen molar-refractivity contribution in [1.82, 2.24) is 4.90 Å². The first-order valence-corrected chi connectivity index (χ1v) is 7.90. The van der Waals surface area contributed by atoms with Crippen LogP contribution in [-0.4, -0.2) is 34.0 Å². The molecule has 122 valence electrons. The first-order chi connectivity index (χ1) is 10.9. The van der Waals surface area contributed by atoms with E-state index in [1.165, 1.54) is 4.90 Å². The molecule has 1 N–H and O–H groups in total. The van der Waals surface area contributed by atoms with Gasteiger partial charge in [0.05, 0.1) is 12.7 Å². The van der Waals surface area contributed by atoms with Crippen molar-refractivity contribution >= 4 is 22.8 Å². The number of fused-ring (bicyclic) bond motifs is 1. The first kappa shape index (κ1) is 15.6. The standard InChI is InChI=1S/C18H21NO4/c1-10-4-7-15-13(9-23-17(15)11(10)2)8-16(20)19(14-5-6-14)12(3)18(21)22/h4,7,9,12,14H,5-6,8H2,1-3H3,(H,21,22). The average molecular weight is 315 g/mol. The number of aliphatic carboxylic acids is 1. The predicted molar refractivity (Wildman–Crippen MR) is 86.4 cm³/mol. The average Bonchev–Trinajstić information content (AvgIpc) is 3.24. The zero-order valence-electron chi connectivity index (χ0n) is 13.6. The maximum Gasteiger partial charge on any atom is 0.326 e. The Morgan fingerprint density at radius 1 is 1.35 bits per heavy atom. The molecule has 5 heteroatoms. The van der Waals surface area contributed by atoms with E-state index < -0.39 is 12.0 Å². The number of aryl methyl sites for hydroxylation is 2. The lowest BCUT2D eigenvalue weighted by Gasteiger charge is -2.26. The second kappa shape index (κ2) is 5.72. The Labute approximate surface area is 134 Å². The Bertz CT molecular complexity index is 773. The molecule has 1 aromatic carbocycles. The quantitative estimate of drug-likeness (QED) is 0.920. The van der Waals surface area contributed by atoms with Crippen molar-refractivity contribution in [3.8, 4) is 0 Å². The lowest BCUT2D eigenvalue weighted by atomic mass is 10.0. The second-order valence-electron chi connectivity index (χ2n) is 6.37. The topological polar surface area (TPSA) is 70.8 Å². The molecule has 1 heterocycles. The number of carbonyl (C=O) groups is 2. The van der Waals surface area contributed by atoms with E-state index in [0.29, 0.717) is 0 Å². The summed E-state index contributed by atoms with van der Waals surface area (Å²) in [5.74, 6) is -1.11.